The van der Waals surface area contributed by atoms with Crippen LogP contribution in [0.4, 0.5) is 0 Å². The molecule has 0 amide bonds. The lowest BCUT2D eigenvalue weighted by molar-refractivity contribution is 0.413. The number of halogens is 1. The molecule has 0 fully saturated rings. The zero-order chi connectivity index (χ0) is 8.27. The minimum atomic E-state index is -0.0346. The Morgan fingerprint density at radius 1 is 1.58 bits per heavy atom. The number of methoxy groups -OCH3 is 1. The molecule has 5 heteroatoms. The molecule has 0 saturated carbocycles. The van der Waals surface area contributed by atoms with Gasteiger partial charge < -0.3 is 10.5 Å². The van der Waals surface area contributed by atoms with E-state index in [9.17, 15) is 0 Å². The molecule has 4 nitrogen and oxygen atoms in total. The maximum Gasteiger partial charge on any atom is 0.141 e. The van der Waals surface area contributed by atoms with Gasteiger partial charge in [0.1, 0.15) is 17.3 Å². The van der Waals surface area contributed by atoms with Crippen molar-refractivity contribution in [2.75, 3.05) is 7.11 Å². The number of hydrogen-bond donors (Lipinski definition) is 2. The van der Waals surface area contributed by atoms with E-state index in [1.807, 2.05) is 0 Å². The Labute approximate surface area is 76.7 Å². The molecule has 0 aliphatic rings. The van der Waals surface area contributed by atoms with Gasteiger partial charge in [-0.25, -0.2) is 4.98 Å². The van der Waals surface area contributed by atoms with E-state index >= 15 is 0 Å². The Balaban J connectivity index is 0.00000121. The van der Waals surface area contributed by atoms with Gasteiger partial charge in [0.2, 0.25) is 0 Å². The van der Waals surface area contributed by atoms with E-state index in [4.69, 9.17) is 15.9 Å². The fourth-order valence-electron chi connectivity index (χ4n) is 0.660. The Hall–Kier alpha value is -1.29. The third kappa shape index (κ3) is 2.39. The molecular weight excluding hydrogens is 178 g/mol. The third-order valence-electron chi connectivity index (χ3n) is 1.25. The summed E-state index contributed by atoms with van der Waals surface area (Å²) in [6.07, 6.45) is 1.52. The number of pyridine rings is 1. The Kier molecular flexibility index (Phi) is 4.07. The number of nitrogens with one attached hydrogen (secondary N) is 1. The molecule has 0 unspecified atom stereocenters. The molecule has 0 aliphatic carbocycles. The smallest absolute Gasteiger partial charge is 0.141 e. The summed E-state index contributed by atoms with van der Waals surface area (Å²) >= 11 is 0. The molecule has 1 aromatic rings. The molecule has 3 N–H and O–H groups in total. The number of rotatable bonds is 2. The van der Waals surface area contributed by atoms with E-state index in [1.165, 1.54) is 6.20 Å². The van der Waals surface area contributed by atoms with Gasteiger partial charge in [-0.05, 0) is 12.1 Å². The second kappa shape index (κ2) is 4.56. The largest absolute Gasteiger partial charge is 0.495 e. The van der Waals surface area contributed by atoms with Crippen molar-refractivity contribution in [3.05, 3.63) is 24.0 Å². The molecule has 0 atom stereocenters. The molecule has 12 heavy (non-hydrogen) atoms. The summed E-state index contributed by atoms with van der Waals surface area (Å²) in [5.74, 6) is 0.627. The molecular formula is C7H10ClN3O. The lowest BCUT2D eigenvalue weighted by Gasteiger charge is -1.99. The monoisotopic (exact) mass is 187 g/mol. The van der Waals surface area contributed by atoms with Crippen LogP contribution in [-0.4, -0.2) is 17.9 Å². The van der Waals surface area contributed by atoms with E-state index in [2.05, 4.69) is 4.98 Å². The number of nitrogens with two attached hydrogens (primary N) is 1. The van der Waals surface area contributed by atoms with Crippen molar-refractivity contribution < 1.29 is 4.74 Å². The highest BCUT2D eigenvalue weighted by Gasteiger charge is 1.96. The molecule has 0 bridgehead atoms. The van der Waals surface area contributed by atoms with Gasteiger partial charge in [-0.15, -0.1) is 12.4 Å². The highest BCUT2D eigenvalue weighted by Crippen LogP contribution is 2.06. The summed E-state index contributed by atoms with van der Waals surface area (Å²) in [6.45, 7) is 0. The molecule has 0 aromatic carbocycles. The second-order valence-corrected chi connectivity index (χ2v) is 2.00. The fourth-order valence-corrected chi connectivity index (χ4v) is 0.660. The molecule has 1 aromatic heterocycles. The first-order valence-electron chi connectivity index (χ1n) is 3.08. The van der Waals surface area contributed by atoms with Crippen LogP contribution in [0, 0.1) is 5.41 Å². The van der Waals surface area contributed by atoms with Gasteiger partial charge in [-0.2, -0.15) is 0 Å². The summed E-state index contributed by atoms with van der Waals surface area (Å²) in [5, 5.41) is 7.04. The maximum atomic E-state index is 7.04. The summed E-state index contributed by atoms with van der Waals surface area (Å²) < 4.78 is 4.88. The predicted molar refractivity (Wildman–Crippen MR) is 49.1 cm³/mol. The molecule has 0 radical (unpaired) electrons. The SMILES string of the molecule is COc1ccc(C(=N)N)nc1.Cl. The fraction of sp³-hybridized carbons (Fsp3) is 0.143. The average molecular weight is 188 g/mol. The van der Waals surface area contributed by atoms with Gasteiger partial charge in [-0.1, -0.05) is 0 Å². The van der Waals surface area contributed by atoms with Crippen LogP contribution in [0.3, 0.4) is 0 Å². The van der Waals surface area contributed by atoms with Crippen molar-refractivity contribution in [2.45, 2.75) is 0 Å². The van der Waals surface area contributed by atoms with Gasteiger partial charge in [0.05, 0.1) is 13.3 Å². The number of amidine groups is 1. The minimum Gasteiger partial charge on any atom is -0.495 e. The van der Waals surface area contributed by atoms with Crippen molar-refractivity contribution >= 4 is 18.2 Å². The highest BCUT2D eigenvalue weighted by molar-refractivity contribution is 5.92. The van der Waals surface area contributed by atoms with E-state index in [0.717, 1.165) is 0 Å². The van der Waals surface area contributed by atoms with E-state index in [-0.39, 0.29) is 18.2 Å². The minimum absolute atomic E-state index is 0. The van der Waals surface area contributed by atoms with Crippen LogP contribution in [0.1, 0.15) is 5.69 Å². The molecule has 66 valence electrons. The first-order chi connectivity index (χ1) is 5.24. The molecule has 0 aliphatic heterocycles. The summed E-state index contributed by atoms with van der Waals surface area (Å²) in [5.41, 5.74) is 5.65. The lowest BCUT2D eigenvalue weighted by atomic mass is 10.3. The van der Waals surface area contributed by atoms with Crippen molar-refractivity contribution in [3.63, 3.8) is 0 Å². The van der Waals surface area contributed by atoms with Gasteiger partial charge in [0.15, 0.2) is 0 Å². The zero-order valence-electron chi connectivity index (χ0n) is 6.57. The summed E-state index contributed by atoms with van der Waals surface area (Å²) in [4.78, 5) is 3.87. The van der Waals surface area contributed by atoms with Crippen molar-refractivity contribution in [1.82, 2.24) is 4.98 Å². The number of hydrogen-bond acceptors (Lipinski definition) is 3. The van der Waals surface area contributed by atoms with Crippen LogP contribution in [0.25, 0.3) is 0 Å². The van der Waals surface area contributed by atoms with Crippen LogP contribution in [-0.2, 0) is 0 Å². The van der Waals surface area contributed by atoms with E-state index in [1.54, 1.807) is 19.2 Å². The molecule has 1 heterocycles. The summed E-state index contributed by atoms with van der Waals surface area (Å²) in [6, 6.07) is 3.35. The van der Waals surface area contributed by atoms with Crippen molar-refractivity contribution in [2.24, 2.45) is 5.73 Å². The first-order valence-corrected chi connectivity index (χ1v) is 3.08. The highest BCUT2D eigenvalue weighted by atomic mass is 35.5. The Morgan fingerprint density at radius 3 is 2.58 bits per heavy atom. The number of nitrogens with zero attached hydrogens (tertiary/aromatic N) is 1. The van der Waals surface area contributed by atoms with Gasteiger partial charge >= 0.3 is 0 Å². The Bertz CT molecular complexity index is 260. The normalized spacial score (nSPS) is 8.42. The first kappa shape index (κ1) is 10.7. The average Bonchev–Trinajstić information content (AvgIpc) is 2.05. The zero-order valence-corrected chi connectivity index (χ0v) is 7.39. The predicted octanol–water partition coefficient (Wildman–Crippen LogP) is 0.796. The number of ether oxygens (including phenoxy) is 1. The number of aromatic nitrogens is 1. The molecule has 1 rings (SSSR count). The van der Waals surface area contributed by atoms with Gasteiger partial charge in [0, 0.05) is 0 Å². The molecule has 0 saturated heterocycles. The number of nitrogen functional groups attached to an aromatic ring is 1. The maximum absolute atomic E-state index is 7.04. The van der Waals surface area contributed by atoms with Crippen LogP contribution < -0.4 is 10.5 Å². The van der Waals surface area contributed by atoms with Gasteiger partial charge in [-0.3, -0.25) is 5.41 Å². The van der Waals surface area contributed by atoms with Crippen LogP contribution in [0.2, 0.25) is 0 Å². The van der Waals surface area contributed by atoms with E-state index in [0.29, 0.717) is 11.4 Å². The van der Waals surface area contributed by atoms with Crippen LogP contribution >= 0.6 is 12.4 Å². The third-order valence-corrected chi connectivity index (χ3v) is 1.25. The second-order valence-electron chi connectivity index (χ2n) is 2.00. The standard InChI is InChI=1S/C7H9N3O.ClH/c1-11-5-2-3-6(7(8)9)10-4-5;/h2-4H,1H3,(H3,8,9);1H. The van der Waals surface area contributed by atoms with Crippen molar-refractivity contribution in [3.8, 4) is 5.75 Å². The topological polar surface area (TPSA) is 72.0 Å². The van der Waals surface area contributed by atoms with E-state index < -0.39 is 0 Å². The Morgan fingerprint density at radius 2 is 2.25 bits per heavy atom. The van der Waals surface area contributed by atoms with Crippen LogP contribution in [0.5, 0.6) is 5.75 Å². The summed E-state index contributed by atoms with van der Waals surface area (Å²) in [7, 11) is 1.56. The van der Waals surface area contributed by atoms with Crippen molar-refractivity contribution in [1.29, 1.82) is 5.41 Å². The lowest BCUT2D eigenvalue weighted by Crippen LogP contribution is -2.12. The van der Waals surface area contributed by atoms with Gasteiger partial charge in [0.25, 0.3) is 0 Å². The van der Waals surface area contributed by atoms with Crippen LogP contribution in [0.15, 0.2) is 18.3 Å². The quantitative estimate of drug-likeness (QED) is 0.531. The molecule has 0 spiro atoms.